The number of imide groups is 1. The molecule has 2 amide bonds. The highest BCUT2D eigenvalue weighted by Crippen LogP contribution is 2.31. The number of anilines is 1. The molecule has 0 spiro atoms. The van der Waals surface area contributed by atoms with Gasteiger partial charge in [0.25, 0.3) is 11.8 Å². The molecule has 186 valence electrons. The molecule has 3 aromatic carbocycles. The number of rotatable bonds is 5. The maximum Gasteiger partial charge on any atom is 0.261 e. The molecule has 0 N–H and O–H groups in total. The van der Waals surface area contributed by atoms with Crippen molar-refractivity contribution in [2.24, 2.45) is 0 Å². The first-order valence-corrected chi connectivity index (χ1v) is 12.8. The quantitative estimate of drug-likeness (QED) is 0.468. The Labute approximate surface area is 214 Å². The molecule has 0 saturated carbocycles. The molecule has 0 radical (unpaired) electrons. The molecule has 3 aromatic rings. The van der Waals surface area contributed by atoms with Crippen molar-refractivity contribution in [3.05, 3.63) is 89.0 Å². The summed E-state index contributed by atoms with van der Waals surface area (Å²) in [4.78, 5) is 32.6. The van der Waals surface area contributed by atoms with E-state index in [1.54, 1.807) is 6.07 Å². The van der Waals surface area contributed by atoms with Gasteiger partial charge in [0.15, 0.2) is 0 Å². The number of para-hydroxylation sites is 1. The number of nitrogens with zero attached hydrogens (tertiary/aromatic N) is 3. The Hall–Kier alpha value is -3.44. The largest absolute Gasteiger partial charge is 0.369 e. The number of piperazine rings is 1. The van der Waals surface area contributed by atoms with E-state index in [9.17, 15) is 9.59 Å². The molecule has 2 aliphatic rings. The van der Waals surface area contributed by atoms with Gasteiger partial charge in [-0.05, 0) is 59.3 Å². The van der Waals surface area contributed by atoms with Crippen LogP contribution in [-0.2, 0) is 11.8 Å². The lowest BCUT2D eigenvalue weighted by molar-refractivity contribution is 0.0656. The van der Waals surface area contributed by atoms with Crippen molar-refractivity contribution in [2.75, 3.05) is 44.7 Å². The van der Waals surface area contributed by atoms with Crippen LogP contribution in [0.2, 0.25) is 0 Å². The number of carbonyl (C=O) groups excluding carboxylic acids is 2. The Morgan fingerprint density at radius 1 is 0.750 bits per heavy atom. The van der Waals surface area contributed by atoms with E-state index in [0.717, 1.165) is 37.3 Å². The third-order valence-electron chi connectivity index (χ3n) is 7.50. The van der Waals surface area contributed by atoms with Crippen molar-refractivity contribution in [1.29, 1.82) is 0 Å². The van der Waals surface area contributed by atoms with Gasteiger partial charge in [-0.2, -0.15) is 0 Å². The van der Waals surface area contributed by atoms with Gasteiger partial charge in [-0.25, -0.2) is 0 Å². The van der Waals surface area contributed by atoms with Gasteiger partial charge in [0.1, 0.15) is 0 Å². The molecule has 0 bridgehead atoms. The highest BCUT2D eigenvalue weighted by atomic mass is 16.2. The summed E-state index contributed by atoms with van der Waals surface area (Å²) in [6.45, 7) is 11.0. The van der Waals surface area contributed by atoms with Gasteiger partial charge in [0, 0.05) is 38.4 Å². The number of hydrogen-bond donors (Lipinski definition) is 0. The van der Waals surface area contributed by atoms with Gasteiger partial charge in [-0.15, -0.1) is 0 Å². The Bertz CT molecular complexity index is 1280. The van der Waals surface area contributed by atoms with E-state index in [1.165, 1.54) is 21.7 Å². The van der Waals surface area contributed by atoms with Crippen molar-refractivity contribution in [1.82, 2.24) is 9.80 Å². The van der Waals surface area contributed by atoms with Crippen LogP contribution in [0.4, 0.5) is 5.69 Å². The van der Waals surface area contributed by atoms with E-state index in [0.29, 0.717) is 24.1 Å². The molecule has 36 heavy (non-hydrogen) atoms. The third kappa shape index (κ3) is 4.68. The molecule has 5 rings (SSSR count). The Morgan fingerprint density at radius 3 is 2.08 bits per heavy atom. The second-order valence-electron chi connectivity index (χ2n) is 11.0. The molecule has 1 fully saturated rings. The Balaban J connectivity index is 1.32. The minimum Gasteiger partial charge on any atom is -0.369 e. The minimum absolute atomic E-state index is 0.0856. The van der Waals surface area contributed by atoms with Crippen LogP contribution in [0, 0.1) is 0 Å². The molecular formula is C31H35N3O2. The number of fused-ring (bicyclic) bond motifs is 1. The summed E-state index contributed by atoms with van der Waals surface area (Å²) in [6, 6.07) is 22.5. The monoisotopic (exact) mass is 481 g/mol. The highest BCUT2D eigenvalue weighted by Gasteiger charge is 2.35. The van der Waals surface area contributed by atoms with Crippen molar-refractivity contribution in [2.45, 2.75) is 32.6 Å². The fraction of sp³-hybridized carbons (Fsp3) is 0.355. The van der Waals surface area contributed by atoms with Crippen molar-refractivity contribution in [3.8, 4) is 11.1 Å². The van der Waals surface area contributed by atoms with Crippen LogP contribution in [0.1, 0.15) is 52.6 Å². The maximum absolute atomic E-state index is 13.3. The van der Waals surface area contributed by atoms with Gasteiger partial charge in [0.2, 0.25) is 0 Å². The van der Waals surface area contributed by atoms with Crippen LogP contribution >= 0.6 is 0 Å². The molecule has 2 aliphatic heterocycles. The first-order valence-electron chi connectivity index (χ1n) is 12.8. The van der Waals surface area contributed by atoms with Crippen LogP contribution < -0.4 is 4.90 Å². The summed E-state index contributed by atoms with van der Waals surface area (Å²) in [6.07, 6.45) is 0.648. The van der Waals surface area contributed by atoms with Crippen LogP contribution in [0.25, 0.3) is 11.1 Å². The summed E-state index contributed by atoms with van der Waals surface area (Å²) < 4.78 is 0. The second kappa shape index (κ2) is 9.55. The van der Waals surface area contributed by atoms with E-state index in [1.807, 2.05) is 18.2 Å². The van der Waals surface area contributed by atoms with E-state index < -0.39 is 0 Å². The first-order chi connectivity index (χ1) is 17.2. The van der Waals surface area contributed by atoms with Crippen LogP contribution in [0.3, 0.4) is 0 Å². The van der Waals surface area contributed by atoms with Crippen molar-refractivity contribution in [3.63, 3.8) is 0 Å². The van der Waals surface area contributed by atoms with Crippen LogP contribution in [0.15, 0.2) is 66.7 Å². The van der Waals surface area contributed by atoms with Crippen LogP contribution in [0.5, 0.6) is 0 Å². The SMILES string of the molecule is CN1CCN(c2ccccc2CCN2C(=O)c3ccc(-c4ccc(C(C)(C)C)cc4)cc3C2=O)CC1. The normalized spacial score (nSPS) is 16.6. The van der Waals surface area contributed by atoms with Gasteiger partial charge in [-0.3, -0.25) is 14.5 Å². The van der Waals surface area contributed by atoms with E-state index >= 15 is 0 Å². The van der Waals surface area contributed by atoms with Crippen LogP contribution in [-0.4, -0.2) is 61.4 Å². The third-order valence-corrected chi connectivity index (χ3v) is 7.50. The maximum atomic E-state index is 13.3. The lowest BCUT2D eigenvalue weighted by atomic mass is 9.86. The number of carbonyl (C=O) groups is 2. The Kier molecular flexibility index (Phi) is 6.44. The molecule has 5 nitrogen and oxygen atoms in total. The predicted molar refractivity (Wildman–Crippen MR) is 146 cm³/mol. The molecule has 0 aromatic heterocycles. The predicted octanol–water partition coefficient (Wildman–Crippen LogP) is 5.24. The fourth-order valence-electron chi connectivity index (χ4n) is 5.15. The summed E-state index contributed by atoms with van der Waals surface area (Å²) in [5.41, 5.74) is 6.75. The van der Waals surface area contributed by atoms with Gasteiger partial charge in [0.05, 0.1) is 11.1 Å². The summed E-state index contributed by atoms with van der Waals surface area (Å²) >= 11 is 0. The summed E-state index contributed by atoms with van der Waals surface area (Å²) in [5, 5.41) is 0. The zero-order chi connectivity index (χ0) is 25.4. The molecule has 1 saturated heterocycles. The standard InChI is InChI=1S/C31H35N3O2/c1-31(2,3)25-12-9-22(10-13-25)24-11-14-26-27(21-24)30(36)34(29(26)35)16-15-23-7-5-6-8-28(23)33-19-17-32(4)18-20-33/h5-14,21H,15-20H2,1-4H3. The molecular weight excluding hydrogens is 446 g/mol. The van der Waals surface area contributed by atoms with E-state index in [-0.39, 0.29) is 17.2 Å². The number of amides is 2. The molecule has 5 heteroatoms. The van der Waals surface area contributed by atoms with E-state index in [2.05, 4.69) is 80.1 Å². The molecule has 2 heterocycles. The van der Waals surface area contributed by atoms with Crippen molar-refractivity contribution < 1.29 is 9.59 Å². The average molecular weight is 482 g/mol. The van der Waals surface area contributed by atoms with Gasteiger partial charge in [-0.1, -0.05) is 69.3 Å². The zero-order valence-electron chi connectivity index (χ0n) is 21.8. The number of benzene rings is 3. The fourth-order valence-corrected chi connectivity index (χ4v) is 5.15. The number of hydrogen-bond acceptors (Lipinski definition) is 4. The average Bonchev–Trinajstić information content (AvgIpc) is 3.12. The van der Waals surface area contributed by atoms with E-state index in [4.69, 9.17) is 0 Å². The molecule has 0 aliphatic carbocycles. The van der Waals surface area contributed by atoms with Gasteiger partial charge < -0.3 is 9.80 Å². The highest BCUT2D eigenvalue weighted by molar-refractivity contribution is 6.21. The second-order valence-corrected chi connectivity index (χ2v) is 11.0. The first kappa shape index (κ1) is 24.3. The molecule has 0 unspecified atom stereocenters. The lowest BCUT2D eigenvalue weighted by Gasteiger charge is -2.35. The lowest BCUT2D eigenvalue weighted by Crippen LogP contribution is -2.44. The van der Waals surface area contributed by atoms with Gasteiger partial charge >= 0.3 is 0 Å². The van der Waals surface area contributed by atoms with Crippen molar-refractivity contribution >= 4 is 17.5 Å². The summed E-state index contributed by atoms with van der Waals surface area (Å²) in [7, 11) is 2.15. The summed E-state index contributed by atoms with van der Waals surface area (Å²) in [5.74, 6) is -0.387. The number of likely N-dealkylation sites (N-methyl/N-ethyl adjacent to an activating group) is 1. The Morgan fingerprint density at radius 2 is 1.39 bits per heavy atom. The zero-order valence-corrected chi connectivity index (χ0v) is 21.8. The minimum atomic E-state index is -0.194. The molecule has 0 atom stereocenters. The smallest absolute Gasteiger partial charge is 0.261 e. The topological polar surface area (TPSA) is 43.9 Å².